The third-order valence-electron chi connectivity index (χ3n) is 2.98. The summed E-state index contributed by atoms with van der Waals surface area (Å²) in [5.41, 5.74) is 2.01. The van der Waals surface area contributed by atoms with Gasteiger partial charge in [-0.15, -0.1) is 0 Å². The fourth-order valence-corrected chi connectivity index (χ4v) is 1.94. The molecular weight excluding hydrogens is 257 g/mol. The predicted molar refractivity (Wildman–Crippen MR) is 74.7 cm³/mol. The molecule has 0 heterocycles. The predicted octanol–water partition coefficient (Wildman–Crippen LogP) is 2.90. The Morgan fingerprint density at radius 1 is 1.10 bits per heavy atom. The monoisotopic (exact) mass is 273 g/mol. The smallest absolute Gasteiger partial charge is 0.254 e. The first-order chi connectivity index (χ1) is 9.72. The number of carbonyl (C=O) groups is 1. The second kappa shape index (κ2) is 6.82. The van der Waals surface area contributed by atoms with E-state index in [1.165, 1.54) is 12.1 Å². The van der Waals surface area contributed by atoms with Gasteiger partial charge in [-0.2, -0.15) is 0 Å². The zero-order chi connectivity index (χ0) is 14.4. The Balaban J connectivity index is 2.06. The SMILES string of the molecule is COCc1ccccc1CNC(=O)c1ccccc1F. The molecule has 0 fully saturated rings. The zero-order valence-electron chi connectivity index (χ0n) is 11.2. The molecular formula is C16H16FNO2. The van der Waals surface area contributed by atoms with Crippen molar-refractivity contribution >= 4 is 5.91 Å². The lowest BCUT2D eigenvalue weighted by molar-refractivity contribution is 0.0946. The van der Waals surface area contributed by atoms with Crippen LogP contribution in [-0.2, 0) is 17.9 Å². The summed E-state index contributed by atoms with van der Waals surface area (Å²) in [6, 6.07) is 13.6. The zero-order valence-corrected chi connectivity index (χ0v) is 11.2. The molecule has 0 aliphatic rings. The third-order valence-corrected chi connectivity index (χ3v) is 2.98. The van der Waals surface area contributed by atoms with Gasteiger partial charge in [-0.1, -0.05) is 36.4 Å². The van der Waals surface area contributed by atoms with E-state index in [2.05, 4.69) is 5.32 Å². The summed E-state index contributed by atoms with van der Waals surface area (Å²) in [5, 5.41) is 2.72. The second-order valence-electron chi connectivity index (χ2n) is 4.36. The molecule has 4 heteroatoms. The van der Waals surface area contributed by atoms with E-state index in [0.29, 0.717) is 13.2 Å². The van der Waals surface area contributed by atoms with E-state index >= 15 is 0 Å². The molecule has 2 aromatic rings. The van der Waals surface area contributed by atoms with Gasteiger partial charge in [0, 0.05) is 13.7 Å². The van der Waals surface area contributed by atoms with Gasteiger partial charge >= 0.3 is 0 Å². The summed E-state index contributed by atoms with van der Waals surface area (Å²) >= 11 is 0. The molecule has 3 nitrogen and oxygen atoms in total. The number of hydrogen-bond donors (Lipinski definition) is 1. The number of carbonyl (C=O) groups excluding carboxylic acids is 1. The molecule has 1 amide bonds. The number of rotatable bonds is 5. The Morgan fingerprint density at radius 3 is 2.45 bits per heavy atom. The van der Waals surface area contributed by atoms with Crippen molar-refractivity contribution in [3.05, 3.63) is 71.0 Å². The quantitative estimate of drug-likeness (QED) is 0.909. The molecule has 0 bridgehead atoms. The Morgan fingerprint density at radius 2 is 1.75 bits per heavy atom. The maximum Gasteiger partial charge on any atom is 0.254 e. The fourth-order valence-electron chi connectivity index (χ4n) is 1.94. The Bertz CT molecular complexity index is 599. The van der Waals surface area contributed by atoms with E-state index < -0.39 is 11.7 Å². The van der Waals surface area contributed by atoms with Crippen LogP contribution in [0.2, 0.25) is 0 Å². The van der Waals surface area contributed by atoms with Gasteiger partial charge in [0.2, 0.25) is 0 Å². The lowest BCUT2D eigenvalue weighted by atomic mass is 10.1. The number of benzene rings is 2. The van der Waals surface area contributed by atoms with Gasteiger partial charge in [-0.3, -0.25) is 4.79 Å². The molecule has 20 heavy (non-hydrogen) atoms. The van der Waals surface area contributed by atoms with Crippen molar-refractivity contribution < 1.29 is 13.9 Å². The van der Waals surface area contributed by atoms with Gasteiger partial charge in [0.15, 0.2) is 0 Å². The van der Waals surface area contributed by atoms with Gasteiger partial charge in [0.25, 0.3) is 5.91 Å². The molecule has 0 saturated heterocycles. The van der Waals surface area contributed by atoms with Crippen LogP contribution < -0.4 is 5.32 Å². The normalized spacial score (nSPS) is 10.3. The molecule has 104 valence electrons. The van der Waals surface area contributed by atoms with E-state index in [0.717, 1.165) is 11.1 Å². The maximum absolute atomic E-state index is 13.5. The summed E-state index contributed by atoms with van der Waals surface area (Å²) in [6.07, 6.45) is 0. The highest BCUT2D eigenvalue weighted by atomic mass is 19.1. The van der Waals surface area contributed by atoms with Crippen molar-refractivity contribution in [3.8, 4) is 0 Å². The van der Waals surface area contributed by atoms with Gasteiger partial charge in [-0.05, 0) is 23.3 Å². The van der Waals surface area contributed by atoms with Crippen LogP contribution in [0.5, 0.6) is 0 Å². The van der Waals surface area contributed by atoms with Crippen molar-refractivity contribution in [1.82, 2.24) is 5.32 Å². The van der Waals surface area contributed by atoms with Crippen molar-refractivity contribution in [2.24, 2.45) is 0 Å². The van der Waals surface area contributed by atoms with E-state index in [-0.39, 0.29) is 5.56 Å². The minimum absolute atomic E-state index is 0.0525. The highest BCUT2D eigenvalue weighted by Gasteiger charge is 2.11. The number of nitrogens with one attached hydrogen (secondary N) is 1. The topological polar surface area (TPSA) is 38.3 Å². The lowest BCUT2D eigenvalue weighted by Crippen LogP contribution is -2.24. The Hall–Kier alpha value is -2.20. The van der Waals surface area contributed by atoms with Crippen LogP contribution in [-0.4, -0.2) is 13.0 Å². The summed E-state index contributed by atoms with van der Waals surface area (Å²) in [7, 11) is 1.62. The fraction of sp³-hybridized carbons (Fsp3) is 0.188. The number of ether oxygens (including phenoxy) is 1. The van der Waals surface area contributed by atoms with Crippen molar-refractivity contribution in [1.29, 1.82) is 0 Å². The first kappa shape index (κ1) is 14.2. The average molecular weight is 273 g/mol. The maximum atomic E-state index is 13.5. The molecule has 1 N–H and O–H groups in total. The van der Waals surface area contributed by atoms with Crippen LogP contribution in [0.1, 0.15) is 21.5 Å². The number of amides is 1. The van der Waals surface area contributed by atoms with E-state index in [9.17, 15) is 9.18 Å². The summed E-state index contributed by atoms with van der Waals surface area (Å²) < 4.78 is 18.6. The van der Waals surface area contributed by atoms with Crippen molar-refractivity contribution in [2.45, 2.75) is 13.2 Å². The van der Waals surface area contributed by atoms with Crippen LogP contribution >= 0.6 is 0 Å². The first-order valence-electron chi connectivity index (χ1n) is 6.31. The number of hydrogen-bond acceptors (Lipinski definition) is 2. The van der Waals surface area contributed by atoms with Crippen LogP contribution in [0.3, 0.4) is 0 Å². The van der Waals surface area contributed by atoms with E-state index in [4.69, 9.17) is 4.74 Å². The van der Waals surface area contributed by atoms with E-state index in [1.54, 1.807) is 19.2 Å². The summed E-state index contributed by atoms with van der Waals surface area (Å²) in [4.78, 5) is 11.9. The molecule has 2 aromatic carbocycles. The highest BCUT2D eigenvalue weighted by Crippen LogP contribution is 2.11. The Labute approximate surface area is 117 Å². The molecule has 2 rings (SSSR count). The third kappa shape index (κ3) is 3.42. The van der Waals surface area contributed by atoms with Crippen molar-refractivity contribution in [2.75, 3.05) is 7.11 Å². The molecule has 0 saturated carbocycles. The van der Waals surface area contributed by atoms with Crippen molar-refractivity contribution in [3.63, 3.8) is 0 Å². The summed E-state index contributed by atoms with van der Waals surface area (Å²) in [5.74, 6) is -0.939. The van der Waals surface area contributed by atoms with Crippen LogP contribution in [0, 0.1) is 5.82 Å². The molecule has 0 atom stereocenters. The number of methoxy groups -OCH3 is 1. The molecule has 0 unspecified atom stereocenters. The number of halogens is 1. The summed E-state index contributed by atoms with van der Waals surface area (Å²) in [6.45, 7) is 0.818. The van der Waals surface area contributed by atoms with Gasteiger partial charge in [0.1, 0.15) is 5.82 Å². The van der Waals surface area contributed by atoms with E-state index in [1.807, 2.05) is 24.3 Å². The minimum atomic E-state index is -0.518. The van der Waals surface area contributed by atoms with Crippen LogP contribution in [0.15, 0.2) is 48.5 Å². The first-order valence-corrected chi connectivity index (χ1v) is 6.31. The van der Waals surface area contributed by atoms with Crippen LogP contribution in [0.4, 0.5) is 4.39 Å². The second-order valence-corrected chi connectivity index (χ2v) is 4.36. The Kier molecular flexibility index (Phi) is 4.85. The van der Waals surface area contributed by atoms with Crippen LogP contribution in [0.25, 0.3) is 0 Å². The molecule has 0 spiro atoms. The van der Waals surface area contributed by atoms with Gasteiger partial charge < -0.3 is 10.1 Å². The molecule has 0 aromatic heterocycles. The molecule has 0 aliphatic heterocycles. The minimum Gasteiger partial charge on any atom is -0.380 e. The van der Waals surface area contributed by atoms with Gasteiger partial charge in [-0.25, -0.2) is 4.39 Å². The van der Waals surface area contributed by atoms with Gasteiger partial charge in [0.05, 0.1) is 12.2 Å². The molecule has 0 radical (unpaired) electrons. The average Bonchev–Trinajstić information content (AvgIpc) is 2.47. The lowest BCUT2D eigenvalue weighted by Gasteiger charge is -2.10. The largest absolute Gasteiger partial charge is 0.380 e. The highest BCUT2D eigenvalue weighted by molar-refractivity contribution is 5.94. The standard InChI is InChI=1S/C16H16FNO2/c1-20-11-13-7-3-2-6-12(13)10-18-16(19)14-8-4-5-9-15(14)17/h2-9H,10-11H2,1H3,(H,18,19). The molecule has 0 aliphatic carbocycles.